The van der Waals surface area contributed by atoms with Crippen molar-refractivity contribution < 1.29 is 4.74 Å². The van der Waals surface area contributed by atoms with E-state index in [-0.39, 0.29) is 6.10 Å². The van der Waals surface area contributed by atoms with Crippen LogP contribution >= 0.6 is 11.8 Å². The van der Waals surface area contributed by atoms with E-state index in [1.54, 1.807) is 12.4 Å². The molecule has 130 valence electrons. The van der Waals surface area contributed by atoms with Gasteiger partial charge in [-0.2, -0.15) is 5.26 Å². The maximum Gasteiger partial charge on any atom is 0.235 e. The number of thioether (sulfide) groups is 1. The van der Waals surface area contributed by atoms with Crippen molar-refractivity contribution in [2.45, 2.75) is 37.9 Å². The Balaban J connectivity index is 1.68. The van der Waals surface area contributed by atoms with Gasteiger partial charge in [-0.1, -0.05) is 11.8 Å². The summed E-state index contributed by atoms with van der Waals surface area (Å²) in [5, 5.41) is 9.99. The first-order chi connectivity index (χ1) is 12.1. The Morgan fingerprint density at radius 1 is 1.20 bits per heavy atom. The van der Waals surface area contributed by atoms with Crippen LogP contribution in [0, 0.1) is 25.2 Å². The number of hydrogen-bond acceptors (Lipinski definition) is 8. The van der Waals surface area contributed by atoms with E-state index in [9.17, 15) is 5.26 Å². The molecule has 0 radical (unpaired) electrons. The van der Waals surface area contributed by atoms with Gasteiger partial charge in [0, 0.05) is 32.1 Å². The molecule has 0 atom stereocenters. The van der Waals surface area contributed by atoms with Crippen LogP contribution < -0.4 is 9.64 Å². The average molecular weight is 356 g/mol. The monoisotopic (exact) mass is 356 g/mol. The Labute approximate surface area is 151 Å². The molecule has 0 bridgehead atoms. The van der Waals surface area contributed by atoms with E-state index in [1.165, 1.54) is 11.8 Å². The van der Waals surface area contributed by atoms with Crippen molar-refractivity contribution in [3.63, 3.8) is 0 Å². The van der Waals surface area contributed by atoms with Gasteiger partial charge >= 0.3 is 0 Å². The summed E-state index contributed by atoms with van der Waals surface area (Å²) in [4.78, 5) is 19.5. The predicted molar refractivity (Wildman–Crippen MR) is 95.9 cm³/mol. The Kier molecular flexibility index (Phi) is 5.34. The second kappa shape index (κ2) is 7.66. The lowest BCUT2D eigenvalue weighted by Gasteiger charge is -2.33. The SMILES string of the molecule is CSc1ncc(C#N)c(N2CCC(Oc3nc(C)cnc3C)CC2)n1. The number of nitrogens with zero attached hydrogens (tertiary/aromatic N) is 6. The van der Waals surface area contributed by atoms with Crippen LogP contribution in [0.5, 0.6) is 5.88 Å². The highest BCUT2D eigenvalue weighted by molar-refractivity contribution is 7.98. The van der Waals surface area contributed by atoms with Crippen LogP contribution in [-0.2, 0) is 0 Å². The molecule has 0 spiro atoms. The summed E-state index contributed by atoms with van der Waals surface area (Å²) in [6.45, 7) is 5.37. The quantitative estimate of drug-likeness (QED) is 0.610. The first kappa shape index (κ1) is 17.4. The Morgan fingerprint density at radius 3 is 2.64 bits per heavy atom. The molecule has 3 heterocycles. The van der Waals surface area contributed by atoms with Crippen LogP contribution in [0.2, 0.25) is 0 Å². The number of hydrogen-bond donors (Lipinski definition) is 0. The number of nitriles is 1. The average Bonchev–Trinajstić information content (AvgIpc) is 2.65. The third kappa shape index (κ3) is 3.99. The van der Waals surface area contributed by atoms with Crippen molar-refractivity contribution >= 4 is 17.6 Å². The summed E-state index contributed by atoms with van der Waals surface area (Å²) in [5.74, 6) is 1.33. The minimum absolute atomic E-state index is 0.0958. The van der Waals surface area contributed by atoms with Gasteiger partial charge < -0.3 is 9.64 Å². The number of aromatic nitrogens is 4. The fourth-order valence-electron chi connectivity index (χ4n) is 2.75. The van der Waals surface area contributed by atoms with E-state index in [1.807, 2.05) is 20.1 Å². The number of anilines is 1. The zero-order valence-corrected chi connectivity index (χ0v) is 15.4. The topological polar surface area (TPSA) is 87.8 Å². The Morgan fingerprint density at radius 2 is 1.96 bits per heavy atom. The van der Waals surface area contributed by atoms with Crippen LogP contribution in [-0.4, -0.2) is 45.4 Å². The molecular weight excluding hydrogens is 336 g/mol. The number of rotatable bonds is 4. The molecule has 0 unspecified atom stereocenters. The Bertz CT molecular complexity index is 798. The molecule has 1 saturated heterocycles. The molecule has 0 saturated carbocycles. The van der Waals surface area contributed by atoms with E-state index in [0.717, 1.165) is 37.3 Å². The number of aryl methyl sites for hydroxylation is 2. The van der Waals surface area contributed by atoms with Crippen molar-refractivity contribution in [3.8, 4) is 11.9 Å². The smallest absolute Gasteiger partial charge is 0.235 e. The molecule has 8 heteroatoms. The summed E-state index contributed by atoms with van der Waals surface area (Å²) in [6, 6.07) is 2.18. The molecule has 1 aliphatic rings. The van der Waals surface area contributed by atoms with Crippen molar-refractivity contribution in [3.05, 3.63) is 29.3 Å². The van der Waals surface area contributed by atoms with Gasteiger partial charge in [0.25, 0.3) is 0 Å². The fraction of sp³-hybridized carbons (Fsp3) is 0.471. The summed E-state index contributed by atoms with van der Waals surface area (Å²) in [7, 11) is 0. The molecule has 0 aliphatic carbocycles. The van der Waals surface area contributed by atoms with E-state index in [0.29, 0.717) is 22.4 Å². The number of ether oxygens (including phenoxy) is 1. The highest BCUT2D eigenvalue weighted by Gasteiger charge is 2.24. The molecule has 0 N–H and O–H groups in total. The van der Waals surface area contributed by atoms with E-state index >= 15 is 0 Å². The molecule has 1 fully saturated rings. The molecule has 2 aromatic rings. The predicted octanol–water partition coefficient (Wildman–Crippen LogP) is 2.52. The fourth-order valence-corrected chi connectivity index (χ4v) is 3.08. The normalized spacial score (nSPS) is 15.0. The lowest BCUT2D eigenvalue weighted by molar-refractivity contribution is 0.161. The third-order valence-corrected chi connectivity index (χ3v) is 4.66. The third-order valence-electron chi connectivity index (χ3n) is 4.10. The maximum atomic E-state index is 9.31. The second-order valence-electron chi connectivity index (χ2n) is 5.91. The standard InChI is InChI=1S/C17H20N6OS/c1-11-9-19-12(2)16(21-11)24-14-4-6-23(7-5-14)15-13(8-18)10-20-17(22-15)25-3/h9-10,14H,4-7H2,1-3H3. The van der Waals surface area contributed by atoms with Gasteiger partial charge in [-0.15, -0.1) is 0 Å². The van der Waals surface area contributed by atoms with Crippen molar-refractivity contribution in [2.75, 3.05) is 24.2 Å². The van der Waals surface area contributed by atoms with Gasteiger partial charge in [-0.25, -0.2) is 15.0 Å². The molecule has 0 aromatic carbocycles. The van der Waals surface area contributed by atoms with Crippen LogP contribution in [0.15, 0.2) is 17.6 Å². The van der Waals surface area contributed by atoms with Crippen molar-refractivity contribution in [1.29, 1.82) is 5.26 Å². The molecule has 0 amide bonds. The minimum atomic E-state index is 0.0958. The molecule has 2 aromatic heterocycles. The van der Waals surface area contributed by atoms with Crippen molar-refractivity contribution in [2.24, 2.45) is 0 Å². The van der Waals surface area contributed by atoms with Gasteiger partial charge in [0.2, 0.25) is 5.88 Å². The van der Waals surface area contributed by atoms with E-state index in [4.69, 9.17) is 4.74 Å². The van der Waals surface area contributed by atoms with E-state index in [2.05, 4.69) is 30.9 Å². The molecule has 7 nitrogen and oxygen atoms in total. The van der Waals surface area contributed by atoms with E-state index < -0.39 is 0 Å². The second-order valence-corrected chi connectivity index (χ2v) is 6.69. The van der Waals surface area contributed by atoms with Gasteiger partial charge in [0.05, 0.1) is 17.6 Å². The van der Waals surface area contributed by atoms with Gasteiger partial charge in [-0.3, -0.25) is 4.98 Å². The molecule has 25 heavy (non-hydrogen) atoms. The van der Waals surface area contributed by atoms with Crippen LogP contribution in [0.4, 0.5) is 5.82 Å². The van der Waals surface area contributed by atoms with Crippen LogP contribution in [0.3, 0.4) is 0 Å². The highest BCUT2D eigenvalue weighted by Crippen LogP contribution is 2.25. The number of piperidine rings is 1. The lowest BCUT2D eigenvalue weighted by Crippen LogP contribution is -2.39. The van der Waals surface area contributed by atoms with Gasteiger partial charge in [0.15, 0.2) is 11.0 Å². The highest BCUT2D eigenvalue weighted by atomic mass is 32.2. The first-order valence-corrected chi connectivity index (χ1v) is 9.36. The van der Waals surface area contributed by atoms with Crippen LogP contribution in [0.25, 0.3) is 0 Å². The zero-order valence-electron chi connectivity index (χ0n) is 14.6. The first-order valence-electron chi connectivity index (χ1n) is 8.13. The largest absolute Gasteiger partial charge is 0.473 e. The van der Waals surface area contributed by atoms with Gasteiger partial charge in [-0.05, 0) is 20.1 Å². The summed E-state index contributed by atoms with van der Waals surface area (Å²) in [6.07, 6.45) is 7.06. The molecule has 3 rings (SSSR count). The minimum Gasteiger partial charge on any atom is -0.473 e. The Hall–Kier alpha value is -2.40. The summed E-state index contributed by atoms with van der Waals surface area (Å²) < 4.78 is 6.05. The van der Waals surface area contributed by atoms with Crippen LogP contribution in [0.1, 0.15) is 29.8 Å². The molecule has 1 aliphatic heterocycles. The summed E-state index contributed by atoms with van der Waals surface area (Å²) >= 11 is 1.47. The lowest BCUT2D eigenvalue weighted by atomic mass is 10.1. The van der Waals surface area contributed by atoms with Crippen molar-refractivity contribution in [1.82, 2.24) is 19.9 Å². The maximum absolute atomic E-state index is 9.31. The zero-order chi connectivity index (χ0) is 17.8. The summed E-state index contributed by atoms with van der Waals surface area (Å²) in [5.41, 5.74) is 2.17. The molecular formula is C17H20N6OS. The van der Waals surface area contributed by atoms with Gasteiger partial charge in [0.1, 0.15) is 17.7 Å².